The molecule has 1 fully saturated rings. The van der Waals surface area contributed by atoms with Crippen LogP contribution in [0, 0.1) is 17.3 Å². The van der Waals surface area contributed by atoms with E-state index in [-0.39, 0.29) is 29.7 Å². The molecular formula is C20H29NO4. The molecule has 3 unspecified atom stereocenters. The molecule has 2 rings (SSSR count). The monoisotopic (exact) mass is 347 g/mol. The minimum atomic E-state index is -0.863. The van der Waals surface area contributed by atoms with Gasteiger partial charge in [-0.25, -0.2) is 0 Å². The fraction of sp³-hybridized carbons (Fsp3) is 0.550. The van der Waals surface area contributed by atoms with Crippen molar-refractivity contribution in [1.82, 2.24) is 5.32 Å². The van der Waals surface area contributed by atoms with Crippen LogP contribution in [-0.4, -0.2) is 31.8 Å². The molecule has 5 nitrogen and oxygen atoms in total. The number of aliphatic hydroxyl groups is 1. The minimum absolute atomic E-state index is 0.0200. The normalized spacial score (nSPS) is 21.9. The summed E-state index contributed by atoms with van der Waals surface area (Å²) in [5.74, 6) is 1.38. The van der Waals surface area contributed by atoms with Crippen molar-refractivity contribution in [2.24, 2.45) is 17.3 Å². The van der Waals surface area contributed by atoms with Gasteiger partial charge in [0.1, 0.15) is 11.5 Å². The fourth-order valence-corrected chi connectivity index (χ4v) is 3.37. The van der Waals surface area contributed by atoms with E-state index in [4.69, 9.17) is 9.47 Å². The molecule has 0 bridgehead atoms. The van der Waals surface area contributed by atoms with E-state index in [1.807, 2.05) is 13.8 Å². The number of hydrogen-bond donors (Lipinski definition) is 2. The van der Waals surface area contributed by atoms with Gasteiger partial charge in [0.2, 0.25) is 5.91 Å². The lowest BCUT2D eigenvalue weighted by Crippen LogP contribution is -2.31. The van der Waals surface area contributed by atoms with Gasteiger partial charge in [-0.3, -0.25) is 4.79 Å². The van der Waals surface area contributed by atoms with E-state index < -0.39 is 6.10 Å². The van der Waals surface area contributed by atoms with Crippen LogP contribution < -0.4 is 14.8 Å². The molecule has 5 heteroatoms. The highest BCUT2D eigenvalue weighted by atomic mass is 16.5. The third-order valence-electron chi connectivity index (χ3n) is 4.97. The van der Waals surface area contributed by atoms with Crippen LogP contribution in [0.4, 0.5) is 0 Å². The Labute approximate surface area is 150 Å². The van der Waals surface area contributed by atoms with Crippen LogP contribution in [-0.2, 0) is 4.79 Å². The Kier molecular flexibility index (Phi) is 5.78. The highest BCUT2D eigenvalue weighted by Crippen LogP contribution is 2.59. The van der Waals surface area contributed by atoms with Crippen LogP contribution in [0.1, 0.15) is 39.4 Å². The van der Waals surface area contributed by atoms with E-state index in [0.29, 0.717) is 17.1 Å². The van der Waals surface area contributed by atoms with Gasteiger partial charge in [-0.2, -0.15) is 0 Å². The number of carbonyl (C=O) groups is 1. The Morgan fingerprint density at radius 3 is 2.56 bits per heavy atom. The molecule has 1 aromatic carbocycles. The van der Waals surface area contributed by atoms with E-state index in [9.17, 15) is 9.90 Å². The average Bonchev–Trinajstić information content (AvgIpc) is 3.11. The molecule has 1 amide bonds. The summed E-state index contributed by atoms with van der Waals surface area (Å²) in [7, 11) is 3.12. The minimum Gasteiger partial charge on any atom is -0.497 e. The van der Waals surface area contributed by atoms with E-state index in [2.05, 4.69) is 25.2 Å². The molecule has 0 spiro atoms. The summed E-state index contributed by atoms with van der Waals surface area (Å²) in [6.45, 7) is 8.42. The Bertz CT molecular complexity index is 662. The van der Waals surface area contributed by atoms with Crippen molar-refractivity contribution in [3.8, 4) is 11.5 Å². The number of benzene rings is 1. The third kappa shape index (κ3) is 4.15. The maximum Gasteiger partial charge on any atom is 0.224 e. The van der Waals surface area contributed by atoms with Gasteiger partial charge < -0.3 is 19.9 Å². The molecule has 1 aliphatic rings. The highest BCUT2D eigenvalue weighted by Gasteiger charge is 2.60. The molecule has 0 heterocycles. The molecule has 138 valence electrons. The van der Waals surface area contributed by atoms with Crippen molar-refractivity contribution in [3.63, 3.8) is 0 Å². The predicted molar refractivity (Wildman–Crippen MR) is 97.7 cm³/mol. The second kappa shape index (κ2) is 7.48. The molecule has 1 saturated carbocycles. The molecule has 0 radical (unpaired) electrons. The smallest absolute Gasteiger partial charge is 0.224 e. The zero-order valence-electron chi connectivity index (χ0n) is 15.9. The third-order valence-corrected chi connectivity index (χ3v) is 4.97. The quantitative estimate of drug-likeness (QED) is 0.744. The zero-order valence-corrected chi connectivity index (χ0v) is 15.9. The standard InChI is InChI=1S/C20H29NO4/c1-12(2)9-15-18(20(15,3)4)19(23)21-11-16(22)14-10-13(24-5)7-8-17(14)25-6/h7-10,15-16,18,22H,11H2,1-6H3,(H,21,23). The van der Waals surface area contributed by atoms with Crippen LogP contribution >= 0.6 is 0 Å². The predicted octanol–water partition coefficient (Wildman–Crippen LogP) is 3.09. The lowest BCUT2D eigenvalue weighted by atomic mass is 10.1. The van der Waals surface area contributed by atoms with Crippen LogP contribution in [0.2, 0.25) is 0 Å². The second-order valence-corrected chi connectivity index (χ2v) is 7.44. The number of hydrogen-bond acceptors (Lipinski definition) is 4. The number of allylic oxidation sites excluding steroid dienone is 2. The van der Waals surface area contributed by atoms with Gasteiger partial charge >= 0.3 is 0 Å². The summed E-state index contributed by atoms with van der Waals surface area (Å²) in [6, 6.07) is 5.24. The van der Waals surface area contributed by atoms with Gasteiger partial charge in [-0.05, 0) is 43.4 Å². The Hall–Kier alpha value is -2.01. The van der Waals surface area contributed by atoms with Crippen molar-refractivity contribution in [2.45, 2.75) is 33.8 Å². The van der Waals surface area contributed by atoms with Gasteiger partial charge in [0.05, 0.1) is 26.2 Å². The second-order valence-electron chi connectivity index (χ2n) is 7.44. The topological polar surface area (TPSA) is 67.8 Å². The van der Waals surface area contributed by atoms with Crippen molar-refractivity contribution in [3.05, 3.63) is 35.4 Å². The first-order chi connectivity index (χ1) is 11.7. The molecule has 25 heavy (non-hydrogen) atoms. The molecule has 1 aromatic rings. The van der Waals surface area contributed by atoms with Crippen molar-refractivity contribution in [1.29, 1.82) is 0 Å². The number of methoxy groups -OCH3 is 2. The van der Waals surface area contributed by atoms with Gasteiger partial charge in [-0.15, -0.1) is 0 Å². The van der Waals surface area contributed by atoms with E-state index >= 15 is 0 Å². The molecule has 2 N–H and O–H groups in total. The zero-order chi connectivity index (χ0) is 18.8. The lowest BCUT2D eigenvalue weighted by molar-refractivity contribution is -0.123. The number of aliphatic hydroxyl groups excluding tert-OH is 1. The fourth-order valence-electron chi connectivity index (χ4n) is 3.37. The maximum absolute atomic E-state index is 12.5. The van der Waals surface area contributed by atoms with Gasteiger partial charge in [-0.1, -0.05) is 25.5 Å². The van der Waals surface area contributed by atoms with Crippen LogP contribution in [0.25, 0.3) is 0 Å². The lowest BCUT2D eigenvalue weighted by Gasteiger charge is -2.17. The number of rotatable bonds is 7. The van der Waals surface area contributed by atoms with E-state index in [1.54, 1.807) is 32.4 Å². The summed E-state index contributed by atoms with van der Waals surface area (Å²) in [5, 5.41) is 13.4. The molecular weight excluding hydrogens is 318 g/mol. The summed E-state index contributed by atoms with van der Waals surface area (Å²) in [6.07, 6.45) is 1.30. The van der Waals surface area contributed by atoms with Crippen molar-refractivity contribution >= 4 is 5.91 Å². The van der Waals surface area contributed by atoms with Crippen molar-refractivity contribution < 1.29 is 19.4 Å². The van der Waals surface area contributed by atoms with Crippen LogP contribution in [0.5, 0.6) is 11.5 Å². The summed E-state index contributed by atoms with van der Waals surface area (Å²) >= 11 is 0. The Morgan fingerprint density at radius 2 is 2.00 bits per heavy atom. The summed E-state index contributed by atoms with van der Waals surface area (Å²) < 4.78 is 10.5. The average molecular weight is 347 g/mol. The first kappa shape index (κ1) is 19.3. The number of ether oxygens (including phenoxy) is 2. The van der Waals surface area contributed by atoms with E-state index in [0.717, 1.165) is 0 Å². The first-order valence-electron chi connectivity index (χ1n) is 8.55. The SMILES string of the molecule is COc1ccc(OC)c(C(O)CNC(=O)C2C(C=C(C)C)C2(C)C)c1. The first-order valence-corrected chi connectivity index (χ1v) is 8.55. The summed E-state index contributed by atoms with van der Waals surface area (Å²) in [5.41, 5.74) is 1.77. The Balaban J connectivity index is 2.02. The van der Waals surface area contributed by atoms with E-state index in [1.165, 1.54) is 5.57 Å². The number of carbonyl (C=O) groups excluding carboxylic acids is 1. The summed E-state index contributed by atoms with van der Waals surface area (Å²) in [4.78, 5) is 12.5. The molecule has 0 saturated heterocycles. The van der Waals surface area contributed by atoms with Crippen molar-refractivity contribution in [2.75, 3.05) is 20.8 Å². The maximum atomic E-state index is 12.5. The van der Waals surface area contributed by atoms with Crippen LogP contribution in [0.3, 0.4) is 0 Å². The van der Waals surface area contributed by atoms with Gasteiger partial charge in [0, 0.05) is 12.1 Å². The molecule has 1 aliphatic carbocycles. The molecule has 0 aliphatic heterocycles. The number of nitrogens with one attached hydrogen (secondary N) is 1. The number of amides is 1. The Morgan fingerprint density at radius 1 is 1.32 bits per heavy atom. The van der Waals surface area contributed by atoms with Gasteiger partial charge in [0.15, 0.2) is 0 Å². The highest BCUT2D eigenvalue weighted by molar-refractivity contribution is 5.83. The molecule has 3 atom stereocenters. The van der Waals surface area contributed by atoms with Crippen LogP contribution in [0.15, 0.2) is 29.8 Å². The molecule has 0 aromatic heterocycles. The largest absolute Gasteiger partial charge is 0.497 e. The van der Waals surface area contributed by atoms with Gasteiger partial charge in [0.25, 0.3) is 0 Å².